The van der Waals surface area contributed by atoms with Crippen LogP contribution >= 0.6 is 15.9 Å². The SMILES string of the molecule is CN(c1cccc(C#N)c1)S(=O)(=O)c1ccc(Br)c(N)c1. The van der Waals surface area contributed by atoms with Crippen molar-refractivity contribution >= 4 is 37.3 Å². The molecule has 5 nitrogen and oxygen atoms in total. The van der Waals surface area contributed by atoms with E-state index in [1.807, 2.05) is 6.07 Å². The summed E-state index contributed by atoms with van der Waals surface area (Å²) in [5.41, 5.74) is 6.88. The second-order valence-electron chi connectivity index (χ2n) is 4.32. The van der Waals surface area contributed by atoms with E-state index in [0.29, 0.717) is 21.4 Å². The Hall–Kier alpha value is -2.04. The minimum absolute atomic E-state index is 0.0908. The number of nitrogens with zero attached hydrogens (tertiary/aromatic N) is 2. The molecule has 0 aliphatic carbocycles. The summed E-state index contributed by atoms with van der Waals surface area (Å²) in [6.07, 6.45) is 0. The Labute approximate surface area is 131 Å². The predicted molar refractivity (Wildman–Crippen MR) is 85.3 cm³/mol. The summed E-state index contributed by atoms with van der Waals surface area (Å²) >= 11 is 3.23. The van der Waals surface area contributed by atoms with E-state index in [1.54, 1.807) is 24.3 Å². The first-order valence-electron chi connectivity index (χ1n) is 5.90. The molecule has 0 saturated carbocycles. The van der Waals surface area contributed by atoms with Gasteiger partial charge in [0.2, 0.25) is 0 Å². The molecule has 2 N–H and O–H groups in total. The van der Waals surface area contributed by atoms with Crippen LogP contribution in [0, 0.1) is 11.3 Å². The summed E-state index contributed by atoms with van der Waals surface area (Å²) < 4.78 is 26.9. The van der Waals surface area contributed by atoms with E-state index in [2.05, 4.69) is 15.9 Å². The number of hydrogen-bond acceptors (Lipinski definition) is 4. The van der Waals surface area contributed by atoms with Crippen molar-refractivity contribution in [3.05, 3.63) is 52.5 Å². The fraction of sp³-hybridized carbons (Fsp3) is 0.0714. The molecule has 0 heterocycles. The molecule has 0 radical (unpaired) electrons. The Morgan fingerprint density at radius 1 is 1.24 bits per heavy atom. The van der Waals surface area contributed by atoms with Gasteiger partial charge in [-0.1, -0.05) is 6.07 Å². The average molecular weight is 366 g/mol. The summed E-state index contributed by atoms with van der Waals surface area (Å²) in [5.74, 6) is 0. The number of nitrogen functional groups attached to an aromatic ring is 1. The number of rotatable bonds is 3. The van der Waals surface area contributed by atoms with E-state index in [1.165, 1.54) is 25.2 Å². The number of anilines is 2. The summed E-state index contributed by atoms with van der Waals surface area (Å²) in [5, 5.41) is 8.89. The van der Waals surface area contributed by atoms with Crippen LogP contribution in [0.1, 0.15) is 5.56 Å². The Kier molecular flexibility index (Phi) is 4.21. The van der Waals surface area contributed by atoms with Gasteiger partial charge in [-0.25, -0.2) is 8.42 Å². The maximum absolute atomic E-state index is 12.6. The normalized spacial score (nSPS) is 10.9. The number of nitriles is 1. The lowest BCUT2D eigenvalue weighted by molar-refractivity contribution is 0.594. The van der Waals surface area contributed by atoms with Crippen molar-refractivity contribution in [2.75, 3.05) is 17.1 Å². The topological polar surface area (TPSA) is 87.2 Å². The van der Waals surface area contributed by atoms with Gasteiger partial charge in [-0.3, -0.25) is 4.31 Å². The molecule has 108 valence electrons. The maximum atomic E-state index is 12.6. The minimum Gasteiger partial charge on any atom is -0.398 e. The third-order valence-corrected chi connectivity index (χ3v) is 5.47. The molecule has 0 aliphatic rings. The lowest BCUT2D eigenvalue weighted by atomic mass is 10.2. The van der Waals surface area contributed by atoms with Gasteiger partial charge in [0.25, 0.3) is 10.0 Å². The lowest BCUT2D eigenvalue weighted by Crippen LogP contribution is -2.26. The number of halogens is 1. The molecule has 0 atom stereocenters. The van der Waals surface area contributed by atoms with Crippen molar-refractivity contribution in [3.8, 4) is 6.07 Å². The maximum Gasteiger partial charge on any atom is 0.264 e. The molecule has 7 heteroatoms. The van der Waals surface area contributed by atoms with Crippen LogP contribution in [0.4, 0.5) is 11.4 Å². The van der Waals surface area contributed by atoms with E-state index >= 15 is 0 Å². The highest BCUT2D eigenvalue weighted by atomic mass is 79.9. The largest absolute Gasteiger partial charge is 0.398 e. The minimum atomic E-state index is -3.73. The molecule has 0 aromatic heterocycles. The van der Waals surface area contributed by atoms with Gasteiger partial charge in [0.05, 0.1) is 22.2 Å². The van der Waals surface area contributed by atoms with Gasteiger partial charge in [0.15, 0.2) is 0 Å². The van der Waals surface area contributed by atoms with Gasteiger partial charge < -0.3 is 5.73 Å². The molecule has 0 unspecified atom stereocenters. The summed E-state index contributed by atoms with van der Waals surface area (Å²) in [6, 6.07) is 12.8. The van der Waals surface area contributed by atoms with Crippen molar-refractivity contribution in [1.82, 2.24) is 0 Å². The quantitative estimate of drug-likeness (QED) is 0.847. The molecule has 2 aromatic rings. The van der Waals surface area contributed by atoms with E-state index < -0.39 is 10.0 Å². The molecule has 0 saturated heterocycles. The first kappa shape index (κ1) is 15.4. The van der Waals surface area contributed by atoms with E-state index in [4.69, 9.17) is 11.0 Å². The molecule has 21 heavy (non-hydrogen) atoms. The van der Waals surface area contributed by atoms with Crippen LogP contribution in [0.5, 0.6) is 0 Å². The predicted octanol–water partition coefficient (Wildman–Crippen LogP) is 2.73. The number of sulfonamides is 1. The summed E-state index contributed by atoms with van der Waals surface area (Å²) in [4.78, 5) is 0.0908. The summed E-state index contributed by atoms with van der Waals surface area (Å²) in [7, 11) is -2.30. The summed E-state index contributed by atoms with van der Waals surface area (Å²) in [6.45, 7) is 0. The molecule has 0 spiro atoms. The molecule has 0 bridgehead atoms. The highest BCUT2D eigenvalue weighted by molar-refractivity contribution is 9.10. The van der Waals surface area contributed by atoms with Crippen LogP contribution in [-0.4, -0.2) is 15.5 Å². The second kappa shape index (κ2) is 5.76. The van der Waals surface area contributed by atoms with Crippen LogP contribution in [0.3, 0.4) is 0 Å². The van der Waals surface area contributed by atoms with E-state index in [-0.39, 0.29) is 4.90 Å². The third-order valence-electron chi connectivity index (χ3n) is 2.96. The van der Waals surface area contributed by atoms with Crippen LogP contribution in [0.2, 0.25) is 0 Å². The first-order valence-corrected chi connectivity index (χ1v) is 8.13. The fourth-order valence-electron chi connectivity index (χ4n) is 1.75. The van der Waals surface area contributed by atoms with Crippen molar-refractivity contribution in [1.29, 1.82) is 5.26 Å². The molecular formula is C14H12BrN3O2S. The van der Waals surface area contributed by atoms with Crippen molar-refractivity contribution < 1.29 is 8.42 Å². The number of benzene rings is 2. The van der Waals surface area contributed by atoms with Crippen LogP contribution in [0.15, 0.2) is 51.8 Å². The zero-order chi connectivity index (χ0) is 15.6. The fourth-order valence-corrected chi connectivity index (χ4v) is 3.22. The highest BCUT2D eigenvalue weighted by Crippen LogP contribution is 2.27. The van der Waals surface area contributed by atoms with Gasteiger partial charge in [0.1, 0.15) is 0 Å². The average Bonchev–Trinajstić information content (AvgIpc) is 2.49. The van der Waals surface area contributed by atoms with Gasteiger partial charge in [-0.2, -0.15) is 5.26 Å². The third kappa shape index (κ3) is 3.01. The molecule has 0 aliphatic heterocycles. The Balaban J connectivity index is 2.47. The number of hydrogen-bond donors (Lipinski definition) is 1. The molecular weight excluding hydrogens is 354 g/mol. The van der Waals surface area contributed by atoms with Gasteiger partial charge in [0, 0.05) is 17.2 Å². The van der Waals surface area contributed by atoms with Crippen LogP contribution < -0.4 is 10.0 Å². The van der Waals surface area contributed by atoms with Gasteiger partial charge in [-0.15, -0.1) is 0 Å². The lowest BCUT2D eigenvalue weighted by Gasteiger charge is -2.20. The first-order chi connectivity index (χ1) is 9.86. The van der Waals surface area contributed by atoms with Crippen molar-refractivity contribution in [3.63, 3.8) is 0 Å². The Morgan fingerprint density at radius 2 is 1.95 bits per heavy atom. The van der Waals surface area contributed by atoms with Gasteiger partial charge >= 0.3 is 0 Å². The smallest absolute Gasteiger partial charge is 0.264 e. The monoisotopic (exact) mass is 365 g/mol. The second-order valence-corrected chi connectivity index (χ2v) is 7.14. The molecule has 2 aromatic carbocycles. The Morgan fingerprint density at radius 3 is 2.57 bits per heavy atom. The number of nitrogens with two attached hydrogens (primary N) is 1. The zero-order valence-electron chi connectivity index (χ0n) is 11.1. The van der Waals surface area contributed by atoms with Crippen LogP contribution in [0.25, 0.3) is 0 Å². The van der Waals surface area contributed by atoms with Gasteiger partial charge in [-0.05, 0) is 52.3 Å². The zero-order valence-corrected chi connectivity index (χ0v) is 13.5. The molecule has 0 fully saturated rings. The van der Waals surface area contributed by atoms with E-state index in [0.717, 1.165) is 4.31 Å². The molecule has 0 amide bonds. The standard InChI is InChI=1S/C14H12BrN3O2S/c1-18(11-4-2-3-10(7-11)9-16)21(19,20)12-5-6-13(15)14(17)8-12/h2-8H,17H2,1H3. The molecule has 2 rings (SSSR count). The highest BCUT2D eigenvalue weighted by Gasteiger charge is 2.22. The Bertz CT molecular complexity index is 828. The van der Waals surface area contributed by atoms with Crippen molar-refractivity contribution in [2.45, 2.75) is 4.90 Å². The van der Waals surface area contributed by atoms with Crippen molar-refractivity contribution in [2.24, 2.45) is 0 Å². The van der Waals surface area contributed by atoms with Crippen LogP contribution in [-0.2, 0) is 10.0 Å². The van der Waals surface area contributed by atoms with E-state index in [9.17, 15) is 8.42 Å².